The molecule has 1 saturated carbocycles. The molecule has 43 heavy (non-hydrogen) atoms. The molecular weight excluding hydrogens is 554 g/mol. The molecule has 4 rings (SSSR count). The highest BCUT2D eigenvalue weighted by atomic mass is 19.1. The number of nitrogens with one attached hydrogen (secondary N) is 1. The minimum Gasteiger partial charge on any atom is -0.444 e. The summed E-state index contributed by atoms with van der Waals surface area (Å²) in [5, 5.41) is 2.89. The first-order chi connectivity index (χ1) is 20.0. The van der Waals surface area contributed by atoms with Crippen molar-refractivity contribution < 1.29 is 27.9 Å². The number of halogens is 2. The highest BCUT2D eigenvalue weighted by Gasteiger charge is 2.46. The van der Waals surface area contributed by atoms with Gasteiger partial charge in [-0.15, -0.1) is 0 Å². The highest BCUT2D eigenvalue weighted by molar-refractivity contribution is 5.87. The van der Waals surface area contributed by atoms with Crippen LogP contribution in [0.25, 0.3) is 0 Å². The average molecular weight is 605 g/mol. The summed E-state index contributed by atoms with van der Waals surface area (Å²) in [6.45, 7) is 15.5. The number of piperazine rings is 1. The van der Waals surface area contributed by atoms with Crippen molar-refractivity contribution in [3.63, 3.8) is 0 Å². The molecule has 2 heterocycles. The summed E-state index contributed by atoms with van der Waals surface area (Å²) in [7, 11) is 0. The van der Waals surface area contributed by atoms with Crippen LogP contribution in [0, 0.1) is 23.5 Å². The van der Waals surface area contributed by atoms with Crippen LogP contribution in [0.1, 0.15) is 92.1 Å². The molecule has 10 heteroatoms. The molecule has 3 amide bonds. The van der Waals surface area contributed by atoms with Crippen molar-refractivity contribution in [2.24, 2.45) is 11.8 Å². The molecule has 0 bridgehead atoms. The van der Waals surface area contributed by atoms with E-state index >= 15 is 0 Å². The number of carbonyl (C=O) groups excluding carboxylic acids is 3. The topological polar surface area (TPSA) is 82.2 Å². The summed E-state index contributed by atoms with van der Waals surface area (Å²) in [6.07, 6.45) is 4.30. The summed E-state index contributed by atoms with van der Waals surface area (Å²) < 4.78 is 34.2. The standard InChI is InChI=1S/C33H50F2N4O4/c1-21-18-37(30(41)28(22-11-9-8-10-12-22)36-31(42)43-33(5,6)7)15-16-39(21)29(40)26-20-38(32(2,3)4)19-25(26)24-14-13-23(34)17-27(24)35/h13-14,17,21-22,25-26,28H,8-12,15-16,18-20H2,1-7H3,(H,36,42)/t21-,25-,26+,28-/m0/s1. The molecular formula is C33H50F2N4O4. The van der Waals surface area contributed by atoms with Gasteiger partial charge in [0.2, 0.25) is 11.8 Å². The van der Waals surface area contributed by atoms with Crippen LogP contribution in [-0.4, -0.2) is 88.6 Å². The molecule has 1 aromatic rings. The van der Waals surface area contributed by atoms with Gasteiger partial charge in [0.1, 0.15) is 23.3 Å². The molecule has 1 N–H and O–H groups in total. The lowest BCUT2D eigenvalue weighted by molar-refractivity contribution is -0.147. The molecule has 2 aliphatic heterocycles. The van der Waals surface area contributed by atoms with Gasteiger partial charge in [0, 0.05) is 56.3 Å². The normalized spacial score (nSPS) is 25.0. The molecule has 3 aliphatic rings. The van der Waals surface area contributed by atoms with E-state index in [2.05, 4.69) is 31.0 Å². The van der Waals surface area contributed by atoms with Crippen LogP contribution in [0.2, 0.25) is 0 Å². The maximum absolute atomic E-state index is 15.0. The van der Waals surface area contributed by atoms with Gasteiger partial charge in [-0.25, -0.2) is 13.6 Å². The fourth-order valence-corrected chi connectivity index (χ4v) is 6.90. The zero-order valence-electron chi connectivity index (χ0n) is 26.9. The van der Waals surface area contributed by atoms with Crippen molar-refractivity contribution in [3.05, 3.63) is 35.4 Å². The Bertz CT molecular complexity index is 1170. The zero-order valence-corrected chi connectivity index (χ0v) is 26.9. The minimum absolute atomic E-state index is 0.0389. The molecule has 0 aromatic heterocycles. The van der Waals surface area contributed by atoms with Crippen LogP contribution >= 0.6 is 0 Å². The van der Waals surface area contributed by atoms with E-state index < -0.39 is 41.2 Å². The van der Waals surface area contributed by atoms with E-state index in [-0.39, 0.29) is 29.3 Å². The zero-order chi connectivity index (χ0) is 31.7. The Hall–Kier alpha value is -2.75. The summed E-state index contributed by atoms with van der Waals surface area (Å²) in [5.74, 6) is -2.35. The largest absolute Gasteiger partial charge is 0.444 e. The Kier molecular flexibility index (Phi) is 10.1. The monoisotopic (exact) mass is 604 g/mol. The van der Waals surface area contributed by atoms with Crippen LogP contribution in [0.4, 0.5) is 13.6 Å². The Labute approximate surface area is 255 Å². The van der Waals surface area contributed by atoms with Crippen LogP contribution in [0.5, 0.6) is 0 Å². The first-order valence-corrected chi connectivity index (χ1v) is 15.8. The molecule has 2 saturated heterocycles. The first kappa shape index (κ1) is 33.1. The minimum atomic E-state index is -0.678. The number of nitrogens with zero attached hydrogens (tertiary/aromatic N) is 3. The molecule has 0 unspecified atom stereocenters. The van der Waals surface area contributed by atoms with Gasteiger partial charge in [-0.2, -0.15) is 0 Å². The Morgan fingerprint density at radius 2 is 1.63 bits per heavy atom. The number of ether oxygens (including phenoxy) is 1. The maximum atomic E-state index is 15.0. The molecule has 4 atom stereocenters. The van der Waals surface area contributed by atoms with Gasteiger partial charge in [0.25, 0.3) is 0 Å². The van der Waals surface area contributed by atoms with E-state index in [0.717, 1.165) is 38.2 Å². The maximum Gasteiger partial charge on any atom is 0.408 e. The second-order valence-corrected chi connectivity index (χ2v) is 14.6. The van der Waals surface area contributed by atoms with Crippen LogP contribution in [0.15, 0.2) is 18.2 Å². The quantitative estimate of drug-likeness (QED) is 0.493. The predicted molar refractivity (Wildman–Crippen MR) is 161 cm³/mol. The summed E-state index contributed by atoms with van der Waals surface area (Å²) in [4.78, 5) is 46.5. The number of carbonyl (C=O) groups is 3. The number of alkyl carbamates (subject to hydrolysis) is 1. The third-order valence-corrected chi connectivity index (χ3v) is 9.23. The lowest BCUT2D eigenvalue weighted by atomic mass is 9.83. The summed E-state index contributed by atoms with van der Waals surface area (Å²) in [6, 6.07) is 2.66. The number of benzene rings is 1. The van der Waals surface area contributed by atoms with Gasteiger partial charge in [-0.3, -0.25) is 14.5 Å². The van der Waals surface area contributed by atoms with Gasteiger partial charge in [0.05, 0.1) is 5.92 Å². The smallest absolute Gasteiger partial charge is 0.408 e. The number of hydrogen-bond acceptors (Lipinski definition) is 5. The van der Waals surface area contributed by atoms with E-state index in [0.29, 0.717) is 38.3 Å². The van der Waals surface area contributed by atoms with E-state index in [1.54, 1.807) is 25.7 Å². The van der Waals surface area contributed by atoms with Gasteiger partial charge >= 0.3 is 6.09 Å². The van der Waals surface area contributed by atoms with Crippen molar-refractivity contribution in [1.29, 1.82) is 0 Å². The highest BCUT2D eigenvalue weighted by Crippen LogP contribution is 2.39. The van der Waals surface area contributed by atoms with E-state index in [1.165, 1.54) is 12.1 Å². The number of hydrogen-bond donors (Lipinski definition) is 1. The van der Waals surface area contributed by atoms with Crippen molar-refractivity contribution in [2.45, 2.75) is 110 Å². The first-order valence-electron chi connectivity index (χ1n) is 15.8. The molecule has 0 radical (unpaired) electrons. The van der Waals surface area contributed by atoms with Crippen molar-refractivity contribution in [3.8, 4) is 0 Å². The summed E-state index contributed by atoms with van der Waals surface area (Å²) in [5.41, 5.74) is -0.547. The second kappa shape index (κ2) is 13.1. The number of rotatable bonds is 5. The van der Waals surface area contributed by atoms with E-state index in [4.69, 9.17) is 4.74 Å². The van der Waals surface area contributed by atoms with Crippen LogP contribution in [0.3, 0.4) is 0 Å². The molecule has 0 spiro atoms. The fraction of sp³-hybridized carbons (Fsp3) is 0.727. The number of likely N-dealkylation sites (tertiary alicyclic amines) is 1. The third-order valence-electron chi connectivity index (χ3n) is 9.23. The van der Waals surface area contributed by atoms with Gasteiger partial charge in [-0.1, -0.05) is 25.3 Å². The third kappa shape index (κ3) is 8.05. The second-order valence-electron chi connectivity index (χ2n) is 14.6. The Balaban J connectivity index is 1.49. The molecule has 240 valence electrons. The van der Waals surface area contributed by atoms with Crippen LogP contribution in [-0.2, 0) is 14.3 Å². The lowest BCUT2D eigenvalue weighted by Gasteiger charge is -2.43. The number of amides is 3. The van der Waals surface area contributed by atoms with Gasteiger partial charge in [-0.05, 0) is 78.9 Å². The van der Waals surface area contributed by atoms with Gasteiger partial charge in [0.15, 0.2) is 0 Å². The summed E-state index contributed by atoms with van der Waals surface area (Å²) >= 11 is 0. The fourth-order valence-electron chi connectivity index (χ4n) is 6.90. The molecule has 1 aromatic carbocycles. The van der Waals surface area contributed by atoms with E-state index in [1.807, 2.05) is 11.8 Å². The molecule has 1 aliphatic carbocycles. The van der Waals surface area contributed by atoms with Crippen LogP contribution < -0.4 is 5.32 Å². The molecule has 3 fully saturated rings. The van der Waals surface area contributed by atoms with Crippen molar-refractivity contribution in [1.82, 2.24) is 20.0 Å². The van der Waals surface area contributed by atoms with Gasteiger partial charge < -0.3 is 19.9 Å². The Morgan fingerprint density at radius 1 is 0.953 bits per heavy atom. The Morgan fingerprint density at radius 3 is 2.21 bits per heavy atom. The predicted octanol–water partition coefficient (Wildman–Crippen LogP) is 5.31. The van der Waals surface area contributed by atoms with E-state index in [9.17, 15) is 23.2 Å². The lowest BCUT2D eigenvalue weighted by Crippen LogP contribution is -2.61. The molecule has 8 nitrogen and oxygen atoms in total. The SMILES string of the molecule is C[C@H]1CN(C(=O)[C@@H](NC(=O)OC(C)(C)C)C2CCCCC2)CCN1C(=O)[C@@H]1CN(C(C)(C)C)C[C@H]1c1ccc(F)cc1F. The van der Waals surface area contributed by atoms with Crippen molar-refractivity contribution >= 4 is 17.9 Å². The van der Waals surface area contributed by atoms with Crippen molar-refractivity contribution in [2.75, 3.05) is 32.7 Å². The average Bonchev–Trinajstić information content (AvgIpc) is 3.36.